The molecule has 0 spiro atoms. The molecule has 2 rings (SSSR count). The number of rotatable bonds is 2. The Hall–Kier alpha value is -1.03. The van der Waals surface area contributed by atoms with Gasteiger partial charge in [-0.3, -0.25) is 0 Å². The molecule has 4 heteroatoms. The molecule has 1 aliphatic heterocycles. The van der Waals surface area contributed by atoms with Gasteiger partial charge in [0, 0.05) is 20.1 Å². The van der Waals surface area contributed by atoms with Gasteiger partial charge < -0.3 is 14.6 Å². The molecule has 1 saturated heterocycles. The van der Waals surface area contributed by atoms with Crippen LogP contribution in [0, 0.1) is 0 Å². The summed E-state index contributed by atoms with van der Waals surface area (Å²) in [6.45, 7) is 3.89. The molecular formula is C8H13N3O. The molecule has 1 fully saturated rings. The Morgan fingerprint density at radius 2 is 2.42 bits per heavy atom. The van der Waals surface area contributed by atoms with Crippen molar-refractivity contribution in [2.45, 2.75) is 12.5 Å². The molecule has 0 aromatic carbocycles. The molecule has 66 valence electrons. The minimum Gasteiger partial charge on any atom is -0.468 e. The van der Waals surface area contributed by atoms with Crippen LogP contribution in [0.3, 0.4) is 0 Å². The molecule has 0 atom stereocenters. The second-order valence-corrected chi connectivity index (χ2v) is 3.53. The third kappa shape index (κ3) is 1.30. The van der Waals surface area contributed by atoms with Gasteiger partial charge in [-0.25, -0.2) is 4.98 Å². The Bertz CT molecular complexity index is 278. The molecule has 2 heterocycles. The van der Waals surface area contributed by atoms with E-state index in [2.05, 4.69) is 17.2 Å². The smallest absolute Gasteiger partial charge is 0.232 e. The molecule has 0 amide bonds. The van der Waals surface area contributed by atoms with E-state index >= 15 is 0 Å². The van der Waals surface area contributed by atoms with Crippen molar-refractivity contribution in [3.63, 3.8) is 0 Å². The predicted molar refractivity (Wildman–Crippen MR) is 45.1 cm³/mol. The van der Waals surface area contributed by atoms with Gasteiger partial charge in [-0.2, -0.15) is 0 Å². The van der Waals surface area contributed by atoms with Crippen molar-refractivity contribution in [3.05, 3.63) is 12.5 Å². The maximum atomic E-state index is 5.66. The fourth-order valence-corrected chi connectivity index (χ4v) is 1.24. The molecule has 0 saturated carbocycles. The van der Waals surface area contributed by atoms with Crippen LogP contribution in [0.1, 0.15) is 6.92 Å². The first-order valence-corrected chi connectivity index (χ1v) is 4.06. The first kappa shape index (κ1) is 7.61. The maximum Gasteiger partial charge on any atom is 0.232 e. The standard InChI is InChI=1S/C8H13N3O/c1-8(4-9-5-8)12-7-3-11(2)6-10-7/h3,6,9H,4-5H2,1-2H3. The van der Waals surface area contributed by atoms with Gasteiger partial charge in [0.15, 0.2) is 0 Å². The summed E-state index contributed by atoms with van der Waals surface area (Å²) in [7, 11) is 1.93. The number of aryl methyl sites for hydroxylation is 1. The summed E-state index contributed by atoms with van der Waals surface area (Å²) >= 11 is 0. The van der Waals surface area contributed by atoms with Gasteiger partial charge in [0.2, 0.25) is 5.88 Å². The van der Waals surface area contributed by atoms with Gasteiger partial charge in [0.25, 0.3) is 0 Å². The monoisotopic (exact) mass is 167 g/mol. The molecular weight excluding hydrogens is 154 g/mol. The van der Waals surface area contributed by atoms with E-state index in [1.165, 1.54) is 0 Å². The van der Waals surface area contributed by atoms with E-state index in [-0.39, 0.29) is 5.60 Å². The third-order valence-electron chi connectivity index (χ3n) is 2.03. The summed E-state index contributed by atoms with van der Waals surface area (Å²) in [6, 6.07) is 0. The van der Waals surface area contributed by atoms with Crippen molar-refractivity contribution < 1.29 is 4.74 Å². The number of ether oxygens (including phenoxy) is 1. The van der Waals surface area contributed by atoms with Crippen molar-refractivity contribution in [1.29, 1.82) is 0 Å². The lowest BCUT2D eigenvalue weighted by atomic mass is 10.0. The Balaban J connectivity index is 2.03. The summed E-state index contributed by atoms with van der Waals surface area (Å²) < 4.78 is 7.54. The Labute approximate surface area is 71.6 Å². The SMILES string of the molecule is Cn1cnc(OC2(C)CNC2)c1. The molecule has 0 aliphatic carbocycles. The number of hydrogen-bond donors (Lipinski definition) is 1. The number of nitrogens with one attached hydrogen (secondary N) is 1. The van der Waals surface area contributed by atoms with E-state index in [1.54, 1.807) is 6.33 Å². The van der Waals surface area contributed by atoms with Crippen LogP contribution in [0.5, 0.6) is 5.88 Å². The lowest BCUT2D eigenvalue weighted by molar-refractivity contribution is 0.0308. The zero-order chi connectivity index (χ0) is 8.60. The van der Waals surface area contributed by atoms with Crippen LogP contribution < -0.4 is 10.1 Å². The van der Waals surface area contributed by atoms with Crippen molar-refractivity contribution in [2.75, 3.05) is 13.1 Å². The van der Waals surface area contributed by atoms with Gasteiger partial charge in [0.1, 0.15) is 5.60 Å². The first-order valence-electron chi connectivity index (χ1n) is 4.06. The van der Waals surface area contributed by atoms with E-state index in [4.69, 9.17) is 4.74 Å². The molecule has 1 aliphatic rings. The van der Waals surface area contributed by atoms with Crippen LogP contribution in [-0.2, 0) is 7.05 Å². The van der Waals surface area contributed by atoms with E-state index in [0.29, 0.717) is 5.88 Å². The van der Waals surface area contributed by atoms with E-state index in [1.807, 2.05) is 17.8 Å². The average molecular weight is 167 g/mol. The largest absolute Gasteiger partial charge is 0.468 e. The highest BCUT2D eigenvalue weighted by atomic mass is 16.5. The molecule has 1 aromatic heterocycles. The van der Waals surface area contributed by atoms with Gasteiger partial charge in [0.05, 0.1) is 12.5 Å². The van der Waals surface area contributed by atoms with Crippen LogP contribution in [0.2, 0.25) is 0 Å². The summed E-state index contributed by atoms with van der Waals surface area (Å²) in [5, 5.41) is 3.17. The van der Waals surface area contributed by atoms with E-state index in [0.717, 1.165) is 13.1 Å². The zero-order valence-corrected chi connectivity index (χ0v) is 7.37. The van der Waals surface area contributed by atoms with Crippen molar-refractivity contribution in [1.82, 2.24) is 14.9 Å². The lowest BCUT2D eigenvalue weighted by Crippen LogP contribution is -2.61. The fraction of sp³-hybridized carbons (Fsp3) is 0.625. The maximum absolute atomic E-state index is 5.66. The Morgan fingerprint density at radius 1 is 1.67 bits per heavy atom. The highest BCUT2D eigenvalue weighted by Gasteiger charge is 2.34. The summed E-state index contributed by atoms with van der Waals surface area (Å²) in [5.74, 6) is 0.710. The summed E-state index contributed by atoms with van der Waals surface area (Å²) in [4.78, 5) is 4.10. The number of hydrogen-bond acceptors (Lipinski definition) is 3. The minimum atomic E-state index is -0.0473. The number of nitrogens with zero attached hydrogens (tertiary/aromatic N) is 2. The molecule has 4 nitrogen and oxygen atoms in total. The van der Waals surface area contributed by atoms with Crippen molar-refractivity contribution in [3.8, 4) is 5.88 Å². The third-order valence-corrected chi connectivity index (χ3v) is 2.03. The van der Waals surface area contributed by atoms with Crippen molar-refractivity contribution in [2.24, 2.45) is 7.05 Å². The minimum absolute atomic E-state index is 0.0473. The molecule has 1 aromatic rings. The van der Waals surface area contributed by atoms with Crippen LogP contribution in [0.15, 0.2) is 12.5 Å². The topological polar surface area (TPSA) is 39.1 Å². The molecule has 0 radical (unpaired) electrons. The van der Waals surface area contributed by atoms with Crippen LogP contribution in [-0.4, -0.2) is 28.2 Å². The van der Waals surface area contributed by atoms with Gasteiger partial charge in [-0.15, -0.1) is 0 Å². The second-order valence-electron chi connectivity index (χ2n) is 3.53. The Kier molecular flexibility index (Phi) is 1.58. The normalized spacial score (nSPS) is 20.2. The fourth-order valence-electron chi connectivity index (χ4n) is 1.24. The van der Waals surface area contributed by atoms with Gasteiger partial charge >= 0.3 is 0 Å². The van der Waals surface area contributed by atoms with Crippen molar-refractivity contribution >= 4 is 0 Å². The lowest BCUT2D eigenvalue weighted by Gasteiger charge is -2.38. The van der Waals surface area contributed by atoms with E-state index < -0.39 is 0 Å². The summed E-state index contributed by atoms with van der Waals surface area (Å²) in [6.07, 6.45) is 3.62. The van der Waals surface area contributed by atoms with Crippen LogP contribution in [0.4, 0.5) is 0 Å². The van der Waals surface area contributed by atoms with Crippen LogP contribution in [0.25, 0.3) is 0 Å². The second kappa shape index (κ2) is 2.48. The number of imidazole rings is 1. The molecule has 0 unspecified atom stereocenters. The first-order chi connectivity index (χ1) is 5.68. The molecule has 0 bridgehead atoms. The average Bonchev–Trinajstić information content (AvgIpc) is 2.32. The predicted octanol–water partition coefficient (Wildman–Crippen LogP) is 0.161. The summed E-state index contributed by atoms with van der Waals surface area (Å²) in [5.41, 5.74) is -0.0473. The number of aromatic nitrogens is 2. The highest BCUT2D eigenvalue weighted by Crippen LogP contribution is 2.18. The van der Waals surface area contributed by atoms with E-state index in [9.17, 15) is 0 Å². The zero-order valence-electron chi connectivity index (χ0n) is 7.37. The quantitative estimate of drug-likeness (QED) is 0.682. The van der Waals surface area contributed by atoms with Gasteiger partial charge in [-0.05, 0) is 6.92 Å². The molecule has 12 heavy (non-hydrogen) atoms. The van der Waals surface area contributed by atoms with Gasteiger partial charge in [-0.1, -0.05) is 0 Å². The molecule has 1 N–H and O–H groups in total. The van der Waals surface area contributed by atoms with Crippen LogP contribution >= 0.6 is 0 Å². The highest BCUT2D eigenvalue weighted by molar-refractivity contribution is 5.08. The Morgan fingerprint density at radius 3 is 2.83 bits per heavy atom.